The molecule has 0 saturated carbocycles. The van der Waals surface area contributed by atoms with Crippen molar-refractivity contribution in [2.45, 2.75) is 26.2 Å². The van der Waals surface area contributed by atoms with E-state index < -0.39 is 0 Å². The monoisotopic (exact) mass is 357 g/mol. The van der Waals surface area contributed by atoms with Crippen molar-refractivity contribution < 1.29 is 9.59 Å². The molecule has 1 aromatic carbocycles. The lowest BCUT2D eigenvalue weighted by molar-refractivity contribution is -0.135. The third-order valence-electron chi connectivity index (χ3n) is 3.77. The van der Waals surface area contributed by atoms with Gasteiger partial charge in [-0.25, -0.2) is 4.98 Å². The molecule has 132 valence electrons. The minimum atomic E-state index is -0.268. The standard InChI is InChI=1S/C19H23N3O2S/c1-4-11-22(12-17(23)21-19-20-14(3)13-25-19)18(24)16(5-2)15-9-7-6-8-10-15/h4,6-10,13,16H,1,5,11-12H2,2-3H3,(H,20,21,23). The molecule has 1 atom stereocenters. The SMILES string of the molecule is C=CCN(CC(=O)Nc1nc(C)cs1)C(=O)C(CC)c1ccccc1. The Morgan fingerprint density at radius 2 is 2.08 bits per heavy atom. The van der Waals surface area contributed by atoms with Crippen LogP contribution in [-0.4, -0.2) is 34.8 Å². The second-order valence-electron chi connectivity index (χ2n) is 5.72. The van der Waals surface area contributed by atoms with E-state index in [-0.39, 0.29) is 24.3 Å². The highest BCUT2D eigenvalue weighted by Gasteiger charge is 2.25. The quantitative estimate of drug-likeness (QED) is 0.734. The zero-order valence-corrected chi connectivity index (χ0v) is 15.4. The van der Waals surface area contributed by atoms with Crippen LogP contribution in [-0.2, 0) is 9.59 Å². The van der Waals surface area contributed by atoms with E-state index in [1.807, 2.05) is 49.6 Å². The van der Waals surface area contributed by atoms with E-state index in [0.717, 1.165) is 11.3 Å². The van der Waals surface area contributed by atoms with Gasteiger partial charge in [0.25, 0.3) is 0 Å². The van der Waals surface area contributed by atoms with E-state index in [4.69, 9.17) is 0 Å². The fourth-order valence-electron chi connectivity index (χ4n) is 2.59. The highest BCUT2D eigenvalue weighted by Crippen LogP contribution is 2.22. The summed E-state index contributed by atoms with van der Waals surface area (Å²) in [6, 6.07) is 9.64. The average Bonchev–Trinajstić information content (AvgIpc) is 3.00. The molecule has 0 aliphatic heterocycles. The summed E-state index contributed by atoms with van der Waals surface area (Å²) in [4.78, 5) is 31.0. The van der Waals surface area contributed by atoms with Gasteiger partial charge in [0.15, 0.2) is 5.13 Å². The maximum Gasteiger partial charge on any atom is 0.245 e. The Labute approximate surface area is 152 Å². The van der Waals surface area contributed by atoms with Gasteiger partial charge in [0.1, 0.15) is 6.54 Å². The smallest absolute Gasteiger partial charge is 0.245 e. The molecule has 2 rings (SSSR count). The van der Waals surface area contributed by atoms with Crippen molar-refractivity contribution in [3.63, 3.8) is 0 Å². The summed E-state index contributed by atoms with van der Waals surface area (Å²) < 4.78 is 0. The number of hydrogen-bond acceptors (Lipinski definition) is 4. The van der Waals surface area contributed by atoms with Crippen LogP contribution in [0.1, 0.15) is 30.5 Å². The number of aryl methyl sites for hydroxylation is 1. The molecule has 2 amide bonds. The summed E-state index contributed by atoms with van der Waals surface area (Å²) in [6.45, 7) is 7.84. The van der Waals surface area contributed by atoms with Crippen molar-refractivity contribution in [3.8, 4) is 0 Å². The number of thiazole rings is 1. The number of benzene rings is 1. The van der Waals surface area contributed by atoms with Crippen LogP contribution in [0, 0.1) is 6.92 Å². The predicted octanol–water partition coefficient (Wildman–Crippen LogP) is 3.60. The Hall–Kier alpha value is -2.47. The summed E-state index contributed by atoms with van der Waals surface area (Å²) in [7, 11) is 0. The van der Waals surface area contributed by atoms with Crippen LogP contribution < -0.4 is 5.32 Å². The van der Waals surface area contributed by atoms with Gasteiger partial charge in [-0.15, -0.1) is 17.9 Å². The second-order valence-corrected chi connectivity index (χ2v) is 6.58. The van der Waals surface area contributed by atoms with Crippen LogP contribution in [0.3, 0.4) is 0 Å². The van der Waals surface area contributed by atoms with Crippen LogP contribution >= 0.6 is 11.3 Å². The van der Waals surface area contributed by atoms with E-state index in [9.17, 15) is 9.59 Å². The lowest BCUT2D eigenvalue weighted by atomic mass is 9.95. The Bertz CT molecular complexity index is 727. The highest BCUT2D eigenvalue weighted by atomic mass is 32.1. The maximum atomic E-state index is 12.9. The molecule has 0 fully saturated rings. The number of anilines is 1. The van der Waals surface area contributed by atoms with Gasteiger partial charge in [0.05, 0.1) is 11.6 Å². The first-order valence-electron chi connectivity index (χ1n) is 8.21. The highest BCUT2D eigenvalue weighted by molar-refractivity contribution is 7.13. The number of hydrogen-bond donors (Lipinski definition) is 1. The predicted molar refractivity (Wildman–Crippen MR) is 102 cm³/mol. The molecule has 5 nitrogen and oxygen atoms in total. The fraction of sp³-hybridized carbons (Fsp3) is 0.316. The maximum absolute atomic E-state index is 12.9. The van der Waals surface area contributed by atoms with Gasteiger partial charge < -0.3 is 10.2 Å². The van der Waals surface area contributed by atoms with E-state index in [1.54, 1.807) is 6.08 Å². The van der Waals surface area contributed by atoms with Gasteiger partial charge in [-0.3, -0.25) is 9.59 Å². The lowest BCUT2D eigenvalue weighted by Crippen LogP contribution is -2.40. The Kier molecular flexibility index (Phi) is 6.89. The van der Waals surface area contributed by atoms with Gasteiger partial charge in [0, 0.05) is 11.9 Å². The van der Waals surface area contributed by atoms with Crippen LogP contribution in [0.5, 0.6) is 0 Å². The number of amides is 2. The van der Waals surface area contributed by atoms with Crippen LogP contribution in [0.2, 0.25) is 0 Å². The number of nitrogens with one attached hydrogen (secondary N) is 1. The van der Waals surface area contributed by atoms with E-state index >= 15 is 0 Å². The molecular formula is C19H23N3O2S. The van der Waals surface area contributed by atoms with Crippen LogP contribution in [0.25, 0.3) is 0 Å². The molecule has 1 heterocycles. The molecule has 0 bridgehead atoms. The number of nitrogens with zero attached hydrogens (tertiary/aromatic N) is 2. The molecule has 6 heteroatoms. The van der Waals surface area contributed by atoms with E-state index in [0.29, 0.717) is 18.1 Å². The summed E-state index contributed by atoms with van der Waals surface area (Å²) in [5.74, 6) is -0.595. The summed E-state index contributed by atoms with van der Waals surface area (Å²) in [5, 5.41) is 5.15. The molecule has 25 heavy (non-hydrogen) atoms. The fourth-order valence-corrected chi connectivity index (χ4v) is 3.29. The summed E-state index contributed by atoms with van der Waals surface area (Å²) in [6.07, 6.45) is 2.31. The minimum absolute atomic E-state index is 0.0210. The topological polar surface area (TPSA) is 62.3 Å². The van der Waals surface area contributed by atoms with Crippen LogP contribution in [0.15, 0.2) is 48.4 Å². The molecule has 0 radical (unpaired) electrons. The second kappa shape index (κ2) is 9.13. The van der Waals surface area contributed by atoms with Crippen molar-refractivity contribution in [2.75, 3.05) is 18.4 Å². The molecule has 0 aliphatic rings. The first-order chi connectivity index (χ1) is 12.0. The van der Waals surface area contributed by atoms with Crippen molar-refractivity contribution in [3.05, 3.63) is 59.6 Å². The normalized spacial score (nSPS) is 11.6. The summed E-state index contributed by atoms with van der Waals surface area (Å²) in [5.41, 5.74) is 1.81. The van der Waals surface area contributed by atoms with Crippen LogP contribution in [0.4, 0.5) is 5.13 Å². The molecule has 1 unspecified atom stereocenters. The summed E-state index contributed by atoms with van der Waals surface area (Å²) >= 11 is 1.37. The molecule has 0 saturated heterocycles. The zero-order chi connectivity index (χ0) is 18.2. The van der Waals surface area contributed by atoms with Crippen molar-refractivity contribution in [1.29, 1.82) is 0 Å². The third-order valence-corrected chi connectivity index (χ3v) is 4.64. The van der Waals surface area contributed by atoms with E-state index in [2.05, 4.69) is 16.9 Å². The number of rotatable bonds is 8. The first kappa shape index (κ1) is 18.9. The van der Waals surface area contributed by atoms with Gasteiger partial charge in [-0.2, -0.15) is 0 Å². The Morgan fingerprint density at radius 1 is 1.36 bits per heavy atom. The molecule has 1 aromatic heterocycles. The van der Waals surface area contributed by atoms with E-state index in [1.165, 1.54) is 16.2 Å². The average molecular weight is 357 g/mol. The first-order valence-corrected chi connectivity index (χ1v) is 9.09. The van der Waals surface area contributed by atoms with Gasteiger partial charge in [-0.1, -0.05) is 43.3 Å². The van der Waals surface area contributed by atoms with Gasteiger partial charge in [-0.05, 0) is 18.9 Å². The Morgan fingerprint density at radius 3 is 2.64 bits per heavy atom. The number of carbonyl (C=O) groups is 2. The number of aromatic nitrogens is 1. The zero-order valence-electron chi connectivity index (χ0n) is 14.6. The molecule has 1 N–H and O–H groups in total. The lowest BCUT2D eigenvalue weighted by Gasteiger charge is -2.25. The molecule has 0 aliphatic carbocycles. The van der Waals surface area contributed by atoms with Crippen molar-refractivity contribution in [2.24, 2.45) is 0 Å². The van der Waals surface area contributed by atoms with Crippen molar-refractivity contribution in [1.82, 2.24) is 9.88 Å². The van der Waals surface area contributed by atoms with Gasteiger partial charge >= 0.3 is 0 Å². The molecule has 2 aromatic rings. The molecular weight excluding hydrogens is 334 g/mol. The van der Waals surface area contributed by atoms with Gasteiger partial charge in [0.2, 0.25) is 11.8 Å². The third kappa shape index (κ3) is 5.26. The molecule has 0 spiro atoms. The van der Waals surface area contributed by atoms with Crippen molar-refractivity contribution >= 4 is 28.3 Å². The largest absolute Gasteiger partial charge is 0.329 e. The Balaban J connectivity index is 2.08. The minimum Gasteiger partial charge on any atom is -0.329 e. The number of carbonyl (C=O) groups excluding carboxylic acids is 2.